The third kappa shape index (κ3) is 2.57. The van der Waals surface area contributed by atoms with Crippen LogP contribution in [0.1, 0.15) is 18.4 Å². The average Bonchev–Trinajstić information content (AvgIpc) is 2.88. The molecule has 1 heterocycles. The Morgan fingerprint density at radius 1 is 1.61 bits per heavy atom. The van der Waals surface area contributed by atoms with E-state index in [2.05, 4.69) is 0 Å². The Bertz CT molecular complexity index is 489. The van der Waals surface area contributed by atoms with Crippen molar-refractivity contribution in [3.63, 3.8) is 0 Å². The van der Waals surface area contributed by atoms with Crippen LogP contribution in [0.3, 0.4) is 0 Å². The molecule has 1 aliphatic rings. The first-order chi connectivity index (χ1) is 8.72. The summed E-state index contributed by atoms with van der Waals surface area (Å²) < 4.78 is 10.8. The first-order valence-electron chi connectivity index (χ1n) is 5.64. The van der Waals surface area contributed by atoms with Crippen LogP contribution < -0.4 is 4.74 Å². The van der Waals surface area contributed by atoms with Gasteiger partial charge in [0.1, 0.15) is 18.4 Å². The lowest BCUT2D eigenvalue weighted by atomic mass is 10.2. The van der Waals surface area contributed by atoms with Gasteiger partial charge in [0.25, 0.3) is 5.69 Å². The zero-order valence-electron chi connectivity index (χ0n) is 9.67. The summed E-state index contributed by atoms with van der Waals surface area (Å²) in [6.45, 7) is 1.03. The van der Waals surface area contributed by atoms with E-state index in [1.807, 2.05) is 6.07 Å². The Hall–Kier alpha value is -2.13. The molecule has 1 fully saturated rings. The molecule has 1 atom stereocenters. The number of nitro benzene ring substituents is 1. The highest BCUT2D eigenvalue weighted by Gasteiger charge is 2.21. The molecular weight excluding hydrogens is 236 g/mol. The molecule has 0 bridgehead atoms. The van der Waals surface area contributed by atoms with E-state index >= 15 is 0 Å². The van der Waals surface area contributed by atoms with Crippen LogP contribution in [-0.4, -0.2) is 24.2 Å². The fourth-order valence-corrected chi connectivity index (χ4v) is 1.86. The molecule has 1 saturated heterocycles. The molecule has 1 aliphatic heterocycles. The topological polar surface area (TPSA) is 85.4 Å². The molecule has 0 radical (unpaired) electrons. The van der Waals surface area contributed by atoms with Crippen molar-refractivity contribution >= 4 is 5.69 Å². The summed E-state index contributed by atoms with van der Waals surface area (Å²) in [6, 6.07) is 6.16. The fraction of sp³-hybridized carbons (Fsp3) is 0.417. The monoisotopic (exact) mass is 248 g/mol. The van der Waals surface area contributed by atoms with Gasteiger partial charge in [0.2, 0.25) is 0 Å². The van der Waals surface area contributed by atoms with Gasteiger partial charge in [0, 0.05) is 12.7 Å². The number of ether oxygens (including phenoxy) is 2. The van der Waals surface area contributed by atoms with Crippen LogP contribution in [0.5, 0.6) is 5.75 Å². The highest BCUT2D eigenvalue weighted by Crippen LogP contribution is 2.27. The lowest BCUT2D eigenvalue weighted by molar-refractivity contribution is -0.385. The minimum atomic E-state index is -0.586. The molecule has 0 aliphatic carbocycles. The van der Waals surface area contributed by atoms with Crippen LogP contribution in [0.25, 0.3) is 0 Å². The maximum absolute atomic E-state index is 10.8. The molecule has 0 spiro atoms. The number of hydrogen-bond acceptors (Lipinski definition) is 5. The molecule has 0 aromatic heterocycles. The second-order valence-corrected chi connectivity index (χ2v) is 3.97. The number of nitro groups is 1. The number of rotatable bonds is 4. The summed E-state index contributed by atoms with van der Waals surface area (Å²) in [4.78, 5) is 10.2. The summed E-state index contributed by atoms with van der Waals surface area (Å²) in [5, 5.41) is 19.7. The zero-order valence-corrected chi connectivity index (χ0v) is 9.67. The van der Waals surface area contributed by atoms with Crippen molar-refractivity contribution in [1.29, 1.82) is 5.26 Å². The average molecular weight is 248 g/mol. The number of nitrogens with zero attached hydrogens (tertiary/aromatic N) is 2. The second kappa shape index (κ2) is 5.47. The van der Waals surface area contributed by atoms with Gasteiger partial charge in [-0.15, -0.1) is 0 Å². The van der Waals surface area contributed by atoms with Gasteiger partial charge in [-0.2, -0.15) is 5.26 Å². The van der Waals surface area contributed by atoms with Gasteiger partial charge in [-0.25, -0.2) is 0 Å². The Morgan fingerprint density at radius 3 is 3.06 bits per heavy atom. The maximum atomic E-state index is 10.8. The lowest BCUT2D eigenvalue weighted by Crippen LogP contribution is -2.16. The van der Waals surface area contributed by atoms with E-state index in [-0.39, 0.29) is 23.1 Å². The highest BCUT2D eigenvalue weighted by atomic mass is 16.6. The number of nitriles is 1. The summed E-state index contributed by atoms with van der Waals surface area (Å²) in [7, 11) is 0. The Kier molecular flexibility index (Phi) is 3.75. The van der Waals surface area contributed by atoms with Crippen LogP contribution in [-0.2, 0) is 4.74 Å². The number of benzene rings is 1. The van der Waals surface area contributed by atoms with Gasteiger partial charge in [-0.1, -0.05) is 6.07 Å². The summed E-state index contributed by atoms with van der Waals surface area (Å²) in [6.07, 6.45) is 1.92. The summed E-state index contributed by atoms with van der Waals surface area (Å²) >= 11 is 0. The van der Waals surface area contributed by atoms with Gasteiger partial charge >= 0.3 is 0 Å². The van der Waals surface area contributed by atoms with E-state index in [0.717, 1.165) is 12.8 Å². The van der Waals surface area contributed by atoms with Gasteiger partial charge in [0.05, 0.1) is 11.0 Å². The molecule has 18 heavy (non-hydrogen) atoms. The van der Waals surface area contributed by atoms with E-state index in [0.29, 0.717) is 13.2 Å². The SMILES string of the molecule is N#Cc1c(OCC2CCCO2)cccc1[N+](=O)[O-]. The first-order valence-corrected chi connectivity index (χ1v) is 5.64. The van der Waals surface area contributed by atoms with Gasteiger partial charge in [-0.3, -0.25) is 10.1 Å². The molecule has 6 nitrogen and oxygen atoms in total. The molecule has 0 saturated carbocycles. The van der Waals surface area contributed by atoms with Crippen molar-refractivity contribution in [3.8, 4) is 11.8 Å². The predicted octanol–water partition coefficient (Wildman–Crippen LogP) is 2.02. The van der Waals surface area contributed by atoms with Crippen LogP contribution in [0, 0.1) is 21.4 Å². The molecule has 1 unspecified atom stereocenters. The molecule has 0 N–H and O–H groups in total. The van der Waals surface area contributed by atoms with Crippen molar-refractivity contribution in [2.45, 2.75) is 18.9 Å². The molecule has 2 rings (SSSR count). The molecule has 0 amide bonds. The lowest BCUT2D eigenvalue weighted by Gasteiger charge is -2.12. The molecular formula is C12H12N2O4. The molecule has 1 aromatic carbocycles. The Balaban J connectivity index is 2.14. The van der Waals surface area contributed by atoms with Gasteiger partial charge in [-0.05, 0) is 18.9 Å². The van der Waals surface area contributed by atoms with E-state index in [9.17, 15) is 10.1 Å². The van der Waals surface area contributed by atoms with Crippen LogP contribution >= 0.6 is 0 Å². The van der Waals surface area contributed by atoms with E-state index in [4.69, 9.17) is 14.7 Å². The smallest absolute Gasteiger partial charge is 0.290 e. The zero-order chi connectivity index (χ0) is 13.0. The largest absolute Gasteiger partial charge is 0.489 e. The van der Waals surface area contributed by atoms with E-state index < -0.39 is 4.92 Å². The minimum absolute atomic E-state index is 0.0100. The third-order valence-electron chi connectivity index (χ3n) is 2.76. The molecule has 94 valence electrons. The fourth-order valence-electron chi connectivity index (χ4n) is 1.86. The van der Waals surface area contributed by atoms with Crippen molar-refractivity contribution in [2.24, 2.45) is 0 Å². The quantitative estimate of drug-likeness (QED) is 0.601. The summed E-state index contributed by atoms with van der Waals surface area (Å²) in [5.41, 5.74) is -0.275. The Labute approximate surface area is 104 Å². The van der Waals surface area contributed by atoms with Gasteiger partial charge in [0.15, 0.2) is 5.56 Å². The van der Waals surface area contributed by atoms with Crippen molar-refractivity contribution in [2.75, 3.05) is 13.2 Å². The van der Waals surface area contributed by atoms with Crippen LogP contribution in [0.2, 0.25) is 0 Å². The standard InChI is InChI=1S/C12H12N2O4/c13-7-10-11(14(15)16)4-1-5-12(10)18-8-9-3-2-6-17-9/h1,4-5,9H,2-3,6,8H2. The minimum Gasteiger partial charge on any atom is -0.489 e. The van der Waals surface area contributed by atoms with Crippen LogP contribution in [0.15, 0.2) is 18.2 Å². The molecule has 1 aromatic rings. The maximum Gasteiger partial charge on any atom is 0.290 e. The van der Waals surface area contributed by atoms with Gasteiger partial charge < -0.3 is 9.47 Å². The third-order valence-corrected chi connectivity index (χ3v) is 2.76. The van der Waals surface area contributed by atoms with Crippen molar-refractivity contribution in [1.82, 2.24) is 0 Å². The van der Waals surface area contributed by atoms with Crippen LogP contribution in [0.4, 0.5) is 5.69 Å². The first kappa shape index (κ1) is 12.3. The van der Waals surface area contributed by atoms with Crippen molar-refractivity contribution < 1.29 is 14.4 Å². The second-order valence-electron chi connectivity index (χ2n) is 3.97. The van der Waals surface area contributed by atoms with E-state index in [1.54, 1.807) is 6.07 Å². The highest BCUT2D eigenvalue weighted by molar-refractivity contribution is 5.56. The van der Waals surface area contributed by atoms with Crippen molar-refractivity contribution in [3.05, 3.63) is 33.9 Å². The number of hydrogen-bond donors (Lipinski definition) is 0. The Morgan fingerprint density at radius 2 is 2.44 bits per heavy atom. The van der Waals surface area contributed by atoms with E-state index in [1.165, 1.54) is 12.1 Å². The molecule has 6 heteroatoms. The summed E-state index contributed by atoms with van der Waals surface area (Å²) in [5.74, 6) is 0.238. The normalized spacial score (nSPS) is 18.3. The predicted molar refractivity (Wildman–Crippen MR) is 62.3 cm³/mol.